The monoisotopic (exact) mass is 461 g/mol. The van der Waals surface area contributed by atoms with Crippen molar-refractivity contribution in [3.63, 3.8) is 0 Å². The molecule has 0 aliphatic carbocycles. The molecule has 0 aliphatic rings. The molecule has 3 unspecified atom stereocenters. The Bertz CT molecular complexity index is 668. The van der Waals surface area contributed by atoms with E-state index in [2.05, 4.69) is 16.0 Å². The van der Waals surface area contributed by atoms with Gasteiger partial charge < -0.3 is 36.0 Å². The summed E-state index contributed by atoms with van der Waals surface area (Å²) < 4.78 is 21.9. The fraction of sp³-hybridized carbons (Fsp3) is 0.667. The number of amides is 2. The van der Waals surface area contributed by atoms with Crippen molar-refractivity contribution in [3.8, 4) is 0 Å². The van der Waals surface area contributed by atoms with Gasteiger partial charge in [0, 0.05) is 19.5 Å². The van der Waals surface area contributed by atoms with Gasteiger partial charge in [-0.15, -0.1) is 0 Å². The van der Waals surface area contributed by atoms with E-state index in [1.54, 1.807) is 5.32 Å². The van der Waals surface area contributed by atoms with Crippen molar-refractivity contribution in [2.24, 2.45) is 0 Å². The maximum Gasteiger partial charge on any atom is 0.544 e. The summed E-state index contributed by atoms with van der Waals surface area (Å²) in [6, 6.07) is -1.11. The number of carboxylic acid groups (broad SMARTS) is 2. The Morgan fingerprint density at radius 3 is 2.10 bits per heavy atom. The number of rotatable bonds is 15. The molecule has 0 saturated carbocycles. The standard InChI is InChI=1S/C12H22N4O11P2/c17-8(15-5-9(18)16-12(28(23)24)29(25,26)27)2-1-7(11(21)22)14-4-3-13-6-10(19)20/h7,12-14H,1-6H2,(H6-,15,16,17,18,19,20,21,22,23,24,25,26,27)/p+1. The third kappa shape index (κ3) is 13.0. The minimum Gasteiger partial charge on any atom is -0.480 e. The normalized spacial score (nSPS) is 13.8. The number of nitrogens with one attached hydrogen (secondary N) is 4. The van der Waals surface area contributed by atoms with Gasteiger partial charge in [0.25, 0.3) is 0 Å². The molecule has 0 aliphatic heterocycles. The van der Waals surface area contributed by atoms with E-state index in [1.165, 1.54) is 0 Å². The van der Waals surface area contributed by atoms with Crippen LogP contribution in [0.1, 0.15) is 12.8 Å². The van der Waals surface area contributed by atoms with E-state index in [4.69, 9.17) is 24.9 Å². The molecule has 15 nitrogen and oxygen atoms in total. The third-order valence-corrected chi connectivity index (χ3v) is 6.00. The Morgan fingerprint density at radius 1 is 1.00 bits per heavy atom. The molecule has 166 valence electrons. The quantitative estimate of drug-likeness (QED) is 0.0867. The molecule has 2 amide bonds. The average Bonchev–Trinajstić information content (AvgIpc) is 2.58. The molecule has 0 fully saturated rings. The molecule has 29 heavy (non-hydrogen) atoms. The van der Waals surface area contributed by atoms with E-state index < -0.39 is 57.5 Å². The van der Waals surface area contributed by atoms with Crippen LogP contribution in [0.2, 0.25) is 0 Å². The van der Waals surface area contributed by atoms with Crippen LogP contribution in [0, 0.1) is 0 Å². The van der Waals surface area contributed by atoms with E-state index >= 15 is 0 Å². The lowest BCUT2D eigenvalue weighted by Gasteiger charge is -2.14. The molecule has 0 bridgehead atoms. The molecule has 0 radical (unpaired) electrons. The van der Waals surface area contributed by atoms with Crippen LogP contribution >= 0.6 is 15.6 Å². The van der Waals surface area contributed by atoms with E-state index in [9.17, 15) is 28.3 Å². The van der Waals surface area contributed by atoms with Crippen LogP contribution in [0.25, 0.3) is 0 Å². The lowest BCUT2D eigenvalue weighted by molar-refractivity contribution is -0.140. The topological polar surface area (TPSA) is 252 Å². The summed E-state index contributed by atoms with van der Waals surface area (Å²) in [5, 5.41) is 26.4. The summed E-state index contributed by atoms with van der Waals surface area (Å²) in [7, 11) is -8.50. The van der Waals surface area contributed by atoms with Crippen LogP contribution in [0.5, 0.6) is 0 Å². The van der Waals surface area contributed by atoms with Crippen molar-refractivity contribution in [2.45, 2.75) is 24.4 Å². The Kier molecular flexibility index (Phi) is 12.4. The predicted octanol–water partition coefficient (Wildman–Crippen LogP) is -3.09. The molecule has 0 aromatic heterocycles. The number of hydrogen-bond acceptors (Lipinski definition) is 8. The smallest absolute Gasteiger partial charge is 0.480 e. The number of carboxylic acids is 2. The SMILES string of the molecule is O=C(O)CNCCNC(CCC(=O)NCC(=O)NC([P+](=O)O)P(=O)(O)O)C(=O)O. The van der Waals surface area contributed by atoms with Crippen molar-refractivity contribution in [2.75, 3.05) is 26.2 Å². The molecular formula is C12H23N4O11P2+. The Labute approximate surface area is 165 Å². The second-order valence-electron chi connectivity index (χ2n) is 5.56. The van der Waals surface area contributed by atoms with Gasteiger partial charge in [-0.2, -0.15) is 4.89 Å². The summed E-state index contributed by atoms with van der Waals surface area (Å²) >= 11 is 0. The summed E-state index contributed by atoms with van der Waals surface area (Å²) in [4.78, 5) is 71.2. The van der Waals surface area contributed by atoms with Gasteiger partial charge in [0.2, 0.25) is 11.8 Å². The first kappa shape index (κ1) is 27.0. The van der Waals surface area contributed by atoms with Crippen molar-refractivity contribution in [1.29, 1.82) is 0 Å². The highest BCUT2D eigenvalue weighted by molar-refractivity contribution is 7.65. The van der Waals surface area contributed by atoms with Crippen LogP contribution < -0.4 is 21.3 Å². The van der Waals surface area contributed by atoms with Crippen molar-refractivity contribution < 1.29 is 53.2 Å². The maximum atomic E-state index is 11.7. The zero-order valence-corrected chi connectivity index (χ0v) is 16.8. The highest BCUT2D eigenvalue weighted by Crippen LogP contribution is 2.49. The molecule has 0 heterocycles. The molecule has 3 atom stereocenters. The first-order chi connectivity index (χ1) is 13.3. The van der Waals surface area contributed by atoms with E-state index in [0.717, 1.165) is 0 Å². The van der Waals surface area contributed by atoms with E-state index in [1.807, 2.05) is 0 Å². The Balaban J connectivity index is 4.31. The van der Waals surface area contributed by atoms with Crippen LogP contribution in [0.15, 0.2) is 0 Å². The first-order valence-corrected chi connectivity index (χ1v) is 11.0. The van der Waals surface area contributed by atoms with Crippen molar-refractivity contribution in [3.05, 3.63) is 0 Å². The molecule has 0 aromatic carbocycles. The van der Waals surface area contributed by atoms with Gasteiger partial charge in [0.05, 0.1) is 13.1 Å². The van der Waals surface area contributed by atoms with Crippen LogP contribution in [-0.4, -0.2) is 86.4 Å². The summed E-state index contributed by atoms with van der Waals surface area (Å²) in [6.07, 6.45) is -0.467. The molecule has 0 saturated heterocycles. The minimum absolute atomic E-state index is 0.122. The number of carbonyl (C=O) groups is 4. The zero-order chi connectivity index (χ0) is 22.6. The molecule has 9 N–H and O–H groups in total. The lowest BCUT2D eigenvalue weighted by atomic mass is 10.1. The molecular weight excluding hydrogens is 438 g/mol. The highest BCUT2D eigenvalue weighted by Gasteiger charge is 2.46. The third-order valence-electron chi connectivity index (χ3n) is 3.19. The summed E-state index contributed by atoms with van der Waals surface area (Å²) in [5.41, 5.74) is -2.31. The van der Waals surface area contributed by atoms with Gasteiger partial charge in [-0.05, 0) is 11.0 Å². The molecule has 17 heteroatoms. The Hall–Kier alpha value is -1.99. The van der Waals surface area contributed by atoms with Crippen molar-refractivity contribution >= 4 is 39.4 Å². The average molecular weight is 461 g/mol. The van der Waals surface area contributed by atoms with Gasteiger partial charge in [0.15, 0.2) is 0 Å². The summed E-state index contributed by atoms with van der Waals surface area (Å²) in [5.74, 6) is -4.18. The van der Waals surface area contributed by atoms with Gasteiger partial charge >= 0.3 is 33.1 Å². The maximum absolute atomic E-state index is 11.7. The van der Waals surface area contributed by atoms with Crippen molar-refractivity contribution in [1.82, 2.24) is 21.3 Å². The van der Waals surface area contributed by atoms with Gasteiger partial charge in [0.1, 0.15) is 6.04 Å². The number of hydrogen-bond donors (Lipinski definition) is 9. The minimum atomic E-state index is -5.08. The zero-order valence-electron chi connectivity index (χ0n) is 15.0. The van der Waals surface area contributed by atoms with Gasteiger partial charge in [-0.25, -0.2) is 0 Å². The van der Waals surface area contributed by atoms with Gasteiger partial charge in [-0.3, -0.25) is 29.1 Å². The van der Waals surface area contributed by atoms with Crippen LogP contribution in [-0.2, 0) is 28.3 Å². The lowest BCUT2D eigenvalue weighted by Crippen LogP contribution is -2.43. The molecule has 0 rings (SSSR count). The second kappa shape index (κ2) is 13.3. The second-order valence-corrected chi connectivity index (χ2v) is 8.79. The van der Waals surface area contributed by atoms with E-state index in [0.29, 0.717) is 0 Å². The largest absolute Gasteiger partial charge is 0.544 e. The molecule has 0 aromatic rings. The fourth-order valence-corrected chi connectivity index (χ4v) is 3.44. The number of carbonyl (C=O) groups excluding carboxylic acids is 2. The van der Waals surface area contributed by atoms with Crippen LogP contribution in [0.3, 0.4) is 0 Å². The molecule has 0 spiro atoms. The van der Waals surface area contributed by atoms with Crippen LogP contribution in [0.4, 0.5) is 0 Å². The first-order valence-electron chi connectivity index (χ1n) is 7.99. The number of aliphatic carboxylic acids is 2. The predicted molar refractivity (Wildman–Crippen MR) is 96.0 cm³/mol. The van der Waals surface area contributed by atoms with E-state index in [-0.39, 0.29) is 32.5 Å². The fourth-order valence-electron chi connectivity index (χ4n) is 1.85. The Morgan fingerprint density at radius 2 is 1.62 bits per heavy atom. The van der Waals surface area contributed by atoms with Gasteiger partial charge in [-0.1, -0.05) is 0 Å². The summed E-state index contributed by atoms with van der Waals surface area (Å²) in [6.45, 7) is -0.742. The highest BCUT2D eigenvalue weighted by atomic mass is 31.2.